The van der Waals surface area contributed by atoms with Gasteiger partial charge in [-0.05, 0) is 45.0 Å². The molecule has 0 spiro atoms. The number of guanidine groups is 1. The van der Waals surface area contributed by atoms with Crippen molar-refractivity contribution in [1.82, 2.24) is 10.2 Å². The van der Waals surface area contributed by atoms with Crippen LogP contribution in [-0.4, -0.2) is 51.3 Å². The summed E-state index contributed by atoms with van der Waals surface area (Å²) < 4.78 is 5.29. The molecule has 0 fully saturated rings. The Kier molecular flexibility index (Phi) is 13.0. The second-order valence-electron chi connectivity index (χ2n) is 5.78. The summed E-state index contributed by atoms with van der Waals surface area (Å²) in [6.07, 6.45) is 1.99. The van der Waals surface area contributed by atoms with E-state index < -0.39 is 0 Å². The minimum Gasteiger partial charge on any atom is -0.382 e. The molecule has 0 heterocycles. The van der Waals surface area contributed by atoms with Crippen molar-refractivity contribution in [2.45, 2.75) is 32.7 Å². The molecule has 0 aliphatic heterocycles. The van der Waals surface area contributed by atoms with Gasteiger partial charge in [0.05, 0.1) is 12.6 Å². The summed E-state index contributed by atoms with van der Waals surface area (Å²) in [6.45, 7) is 7.10. The summed E-state index contributed by atoms with van der Waals surface area (Å²) in [5, 5.41) is 3.13. The Labute approximate surface area is 164 Å². The van der Waals surface area contributed by atoms with E-state index in [4.69, 9.17) is 10.5 Å². The van der Waals surface area contributed by atoms with Gasteiger partial charge in [0.25, 0.3) is 0 Å². The first kappa shape index (κ1) is 23.1. The number of halogens is 1. The van der Waals surface area contributed by atoms with Crippen LogP contribution in [0.2, 0.25) is 0 Å². The van der Waals surface area contributed by atoms with Crippen LogP contribution in [0.25, 0.3) is 0 Å². The number of hydrogen-bond donors (Lipinski definition) is 2. The highest BCUT2D eigenvalue weighted by Crippen LogP contribution is 2.19. The van der Waals surface area contributed by atoms with Crippen molar-refractivity contribution in [3.8, 4) is 0 Å². The molecule has 3 N–H and O–H groups in total. The second-order valence-corrected chi connectivity index (χ2v) is 5.78. The van der Waals surface area contributed by atoms with Gasteiger partial charge >= 0.3 is 0 Å². The lowest BCUT2D eigenvalue weighted by Gasteiger charge is -2.23. The van der Waals surface area contributed by atoms with Crippen molar-refractivity contribution in [3.63, 3.8) is 0 Å². The molecule has 1 aromatic carbocycles. The van der Waals surface area contributed by atoms with Gasteiger partial charge in [0.1, 0.15) is 0 Å². The fraction of sp³-hybridized carbons (Fsp3) is 0.611. The molecule has 0 saturated heterocycles. The van der Waals surface area contributed by atoms with E-state index in [1.54, 1.807) is 0 Å². The summed E-state index contributed by atoms with van der Waals surface area (Å²) in [7, 11) is 4.14. The summed E-state index contributed by atoms with van der Waals surface area (Å²) >= 11 is 0. The molecular formula is C18H33IN4O. The van der Waals surface area contributed by atoms with Gasteiger partial charge in [-0.25, -0.2) is 0 Å². The average Bonchev–Trinajstić information content (AvgIpc) is 2.55. The van der Waals surface area contributed by atoms with E-state index in [-0.39, 0.29) is 30.0 Å². The van der Waals surface area contributed by atoms with Crippen LogP contribution >= 0.6 is 24.0 Å². The number of hydrogen-bond acceptors (Lipinski definition) is 3. The largest absolute Gasteiger partial charge is 0.382 e. The van der Waals surface area contributed by atoms with Gasteiger partial charge in [-0.1, -0.05) is 31.2 Å². The fourth-order valence-corrected chi connectivity index (χ4v) is 2.32. The molecule has 1 aromatic rings. The molecule has 5 nitrogen and oxygen atoms in total. The molecule has 24 heavy (non-hydrogen) atoms. The molecule has 1 rings (SSSR count). The van der Waals surface area contributed by atoms with Crippen LogP contribution in [0.5, 0.6) is 0 Å². The van der Waals surface area contributed by atoms with Gasteiger partial charge in [-0.15, -0.1) is 24.0 Å². The number of benzene rings is 1. The van der Waals surface area contributed by atoms with E-state index in [0.717, 1.165) is 32.6 Å². The topological polar surface area (TPSA) is 62.9 Å². The van der Waals surface area contributed by atoms with Gasteiger partial charge in [0, 0.05) is 19.8 Å². The third-order valence-corrected chi connectivity index (χ3v) is 3.81. The fourth-order valence-electron chi connectivity index (χ4n) is 2.32. The molecule has 138 valence electrons. The molecule has 0 saturated carbocycles. The number of rotatable bonds is 10. The number of nitrogens with one attached hydrogen (secondary N) is 1. The van der Waals surface area contributed by atoms with Crippen LogP contribution in [0, 0.1) is 0 Å². The van der Waals surface area contributed by atoms with Gasteiger partial charge in [-0.2, -0.15) is 0 Å². The maximum absolute atomic E-state index is 5.94. The van der Waals surface area contributed by atoms with Crippen LogP contribution in [0.15, 0.2) is 29.3 Å². The van der Waals surface area contributed by atoms with Crippen LogP contribution in [0.3, 0.4) is 0 Å². The zero-order valence-electron chi connectivity index (χ0n) is 15.4. The highest BCUT2D eigenvalue weighted by Gasteiger charge is 2.13. The SMILES string of the molecule is CCOCCCNC(N)=NCC(c1ccc(CC)cc1)N(C)C.I. The quantitative estimate of drug-likeness (QED) is 0.250. The summed E-state index contributed by atoms with van der Waals surface area (Å²) in [4.78, 5) is 6.66. The van der Waals surface area contributed by atoms with Gasteiger partial charge in [0.2, 0.25) is 0 Å². The molecule has 1 unspecified atom stereocenters. The number of nitrogens with two attached hydrogens (primary N) is 1. The monoisotopic (exact) mass is 448 g/mol. The molecule has 0 aliphatic carbocycles. The average molecular weight is 448 g/mol. The van der Waals surface area contributed by atoms with E-state index in [2.05, 4.69) is 60.5 Å². The third kappa shape index (κ3) is 8.84. The van der Waals surface area contributed by atoms with Crippen LogP contribution < -0.4 is 11.1 Å². The first-order valence-electron chi connectivity index (χ1n) is 8.45. The maximum Gasteiger partial charge on any atom is 0.188 e. The normalized spacial score (nSPS) is 12.8. The standard InChI is InChI=1S/C18H32N4O.HI/c1-5-15-8-10-16(11-9-15)17(22(3)4)14-21-18(19)20-12-7-13-23-6-2;/h8-11,17H,5-7,12-14H2,1-4H3,(H3,19,20,21);1H. The minimum absolute atomic E-state index is 0. The molecular weight excluding hydrogens is 415 g/mol. The Balaban J connectivity index is 0.00000529. The molecule has 0 bridgehead atoms. The van der Waals surface area contributed by atoms with Crippen molar-refractivity contribution < 1.29 is 4.74 Å². The van der Waals surface area contributed by atoms with Crippen LogP contribution in [-0.2, 0) is 11.2 Å². The molecule has 0 aromatic heterocycles. The van der Waals surface area contributed by atoms with Crippen molar-refractivity contribution in [1.29, 1.82) is 0 Å². The van der Waals surface area contributed by atoms with Crippen molar-refractivity contribution in [2.75, 3.05) is 40.4 Å². The van der Waals surface area contributed by atoms with E-state index in [1.807, 2.05) is 6.92 Å². The van der Waals surface area contributed by atoms with Gasteiger partial charge in [0.15, 0.2) is 5.96 Å². The number of ether oxygens (including phenoxy) is 1. The zero-order chi connectivity index (χ0) is 17.1. The predicted octanol–water partition coefficient (Wildman–Crippen LogP) is 2.80. The van der Waals surface area contributed by atoms with Gasteiger partial charge in [-0.3, -0.25) is 4.99 Å². The lowest BCUT2D eigenvalue weighted by Crippen LogP contribution is -2.34. The lowest BCUT2D eigenvalue weighted by atomic mass is 10.0. The van der Waals surface area contributed by atoms with E-state index in [1.165, 1.54) is 11.1 Å². The third-order valence-electron chi connectivity index (χ3n) is 3.81. The number of aliphatic imine (C=N–C) groups is 1. The molecule has 6 heteroatoms. The highest BCUT2D eigenvalue weighted by atomic mass is 127. The van der Waals surface area contributed by atoms with Gasteiger partial charge < -0.3 is 20.7 Å². The Morgan fingerprint density at radius 3 is 2.46 bits per heavy atom. The number of likely N-dealkylation sites (N-methyl/N-ethyl adjacent to an activating group) is 1. The highest BCUT2D eigenvalue weighted by molar-refractivity contribution is 14.0. The lowest BCUT2D eigenvalue weighted by molar-refractivity contribution is 0.145. The van der Waals surface area contributed by atoms with E-state index in [0.29, 0.717) is 12.5 Å². The Hall–Kier alpha value is -0.860. The molecule has 1 atom stereocenters. The summed E-state index contributed by atoms with van der Waals surface area (Å²) in [5.41, 5.74) is 8.56. The molecule has 0 radical (unpaired) electrons. The predicted molar refractivity (Wildman–Crippen MR) is 113 cm³/mol. The van der Waals surface area contributed by atoms with Crippen molar-refractivity contribution in [3.05, 3.63) is 35.4 Å². The van der Waals surface area contributed by atoms with Crippen LogP contribution in [0.1, 0.15) is 37.4 Å². The first-order valence-corrected chi connectivity index (χ1v) is 8.45. The Bertz CT molecular complexity index is 463. The summed E-state index contributed by atoms with van der Waals surface area (Å²) in [6, 6.07) is 8.97. The minimum atomic E-state index is 0. The van der Waals surface area contributed by atoms with Crippen molar-refractivity contribution >= 4 is 29.9 Å². The smallest absolute Gasteiger partial charge is 0.188 e. The Morgan fingerprint density at radius 2 is 1.92 bits per heavy atom. The number of aryl methyl sites for hydroxylation is 1. The van der Waals surface area contributed by atoms with Crippen LogP contribution in [0.4, 0.5) is 0 Å². The zero-order valence-corrected chi connectivity index (χ0v) is 17.7. The maximum atomic E-state index is 5.94. The first-order chi connectivity index (χ1) is 11.1. The van der Waals surface area contributed by atoms with Crippen molar-refractivity contribution in [2.24, 2.45) is 10.7 Å². The Morgan fingerprint density at radius 1 is 1.25 bits per heavy atom. The molecule has 0 amide bonds. The summed E-state index contributed by atoms with van der Waals surface area (Å²) in [5.74, 6) is 0.499. The second kappa shape index (κ2) is 13.4. The number of nitrogens with zero attached hydrogens (tertiary/aromatic N) is 2. The molecule has 0 aliphatic rings. The van der Waals surface area contributed by atoms with E-state index in [9.17, 15) is 0 Å². The van der Waals surface area contributed by atoms with E-state index >= 15 is 0 Å².